The van der Waals surface area contributed by atoms with Crippen LogP contribution in [-0.4, -0.2) is 74.0 Å². The van der Waals surface area contributed by atoms with Gasteiger partial charge in [0.25, 0.3) is 0 Å². The molecular formula is C22H38N2O5. The van der Waals surface area contributed by atoms with Crippen LogP contribution in [-0.2, 0) is 19.1 Å². The van der Waals surface area contributed by atoms with Gasteiger partial charge in [0.15, 0.2) is 0 Å². The molecule has 0 aromatic heterocycles. The molecule has 0 bridgehead atoms. The van der Waals surface area contributed by atoms with E-state index in [0.29, 0.717) is 26.3 Å². The zero-order chi connectivity index (χ0) is 21.2. The van der Waals surface area contributed by atoms with Crippen LogP contribution in [0.2, 0.25) is 0 Å². The van der Waals surface area contributed by atoms with Crippen LogP contribution in [0.15, 0.2) is 0 Å². The fourth-order valence-electron chi connectivity index (χ4n) is 6.13. The summed E-state index contributed by atoms with van der Waals surface area (Å²) in [5, 5.41) is 14.5. The number of methoxy groups -OCH3 is 1. The molecule has 2 saturated carbocycles. The Labute approximate surface area is 174 Å². The molecule has 0 spiro atoms. The quantitative estimate of drug-likeness (QED) is 0.716. The summed E-state index contributed by atoms with van der Waals surface area (Å²) in [6.45, 7) is 8.89. The molecule has 2 aliphatic carbocycles. The zero-order valence-corrected chi connectivity index (χ0v) is 18.4. The molecule has 166 valence electrons. The van der Waals surface area contributed by atoms with E-state index in [0.717, 1.165) is 25.7 Å². The molecule has 1 saturated heterocycles. The third kappa shape index (κ3) is 4.62. The lowest BCUT2D eigenvalue weighted by atomic mass is 9.51. The lowest BCUT2D eigenvalue weighted by Gasteiger charge is -2.56. The number of nitrogens with zero attached hydrogens (tertiary/aromatic N) is 1. The Morgan fingerprint density at radius 2 is 1.93 bits per heavy atom. The van der Waals surface area contributed by atoms with Crippen molar-refractivity contribution in [3.8, 4) is 0 Å². The van der Waals surface area contributed by atoms with Gasteiger partial charge in [0.1, 0.15) is 6.61 Å². The van der Waals surface area contributed by atoms with Crippen LogP contribution in [0.3, 0.4) is 0 Å². The van der Waals surface area contributed by atoms with E-state index < -0.39 is 6.10 Å². The van der Waals surface area contributed by atoms with Crippen molar-refractivity contribution in [3.63, 3.8) is 0 Å². The standard InChI is InChI=1S/C22H38N2O5/c1-14(21(27)24-9-11-29-12-10-24)16-5-7-22(3)8-6-17(23-18(25)13-28-4)15(2)19(22)20(16)26/h14-17,19-20,26H,5-13H2,1-4H3,(H,23,25)/t14-,15+,16-,17-,19+,20-,22-/m0/s1. The van der Waals surface area contributed by atoms with Gasteiger partial charge in [0, 0.05) is 32.2 Å². The number of aliphatic hydroxyl groups is 1. The molecule has 7 atom stereocenters. The van der Waals surface area contributed by atoms with Crippen molar-refractivity contribution in [2.24, 2.45) is 29.1 Å². The SMILES string of the molecule is COCC(=O)N[C@H]1CC[C@]2(C)CC[C@@H]([C@H](C)C(=O)N3CCOCC3)[C@H](O)[C@H]2[C@@H]1C. The number of aliphatic hydroxyl groups excluding tert-OH is 1. The second-order valence-corrected chi connectivity index (χ2v) is 9.60. The molecular weight excluding hydrogens is 372 g/mol. The van der Waals surface area contributed by atoms with Crippen molar-refractivity contribution in [2.45, 2.75) is 58.6 Å². The van der Waals surface area contributed by atoms with Crippen molar-refractivity contribution in [1.82, 2.24) is 10.2 Å². The molecule has 1 heterocycles. The van der Waals surface area contributed by atoms with Crippen molar-refractivity contribution in [2.75, 3.05) is 40.0 Å². The number of hydrogen-bond donors (Lipinski definition) is 2. The highest BCUT2D eigenvalue weighted by molar-refractivity contribution is 5.79. The molecule has 0 aromatic carbocycles. The van der Waals surface area contributed by atoms with Gasteiger partial charge in [-0.05, 0) is 48.9 Å². The van der Waals surface area contributed by atoms with Crippen molar-refractivity contribution in [3.05, 3.63) is 0 Å². The van der Waals surface area contributed by atoms with E-state index in [1.165, 1.54) is 7.11 Å². The van der Waals surface area contributed by atoms with E-state index in [1.807, 2.05) is 11.8 Å². The average Bonchev–Trinajstić information content (AvgIpc) is 2.70. The molecule has 0 unspecified atom stereocenters. The highest BCUT2D eigenvalue weighted by Gasteiger charge is 2.54. The number of carbonyl (C=O) groups excluding carboxylic acids is 2. The molecule has 7 nitrogen and oxygen atoms in total. The summed E-state index contributed by atoms with van der Waals surface area (Å²) < 4.78 is 10.3. The second kappa shape index (κ2) is 9.31. The van der Waals surface area contributed by atoms with Gasteiger partial charge in [0.2, 0.25) is 11.8 Å². The van der Waals surface area contributed by atoms with Gasteiger partial charge in [-0.1, -0.05) is 20.8 Å². The van der Waals surface area contributed by atoms with E-state index in [1.54, 1.807) is 0 Å². The topological polar surface area (TPSA) is 88.1 Å². The number of fused-ring (bicyclic) bond motifs is 1. The summed E-state index contributed by atoms with van der Waals surface area (Å²) >= 11 is 0. The maximum absolute atomic E-state index is 13.0. The third-order valence-electron chi connectivity index (χ3n) is 7.86. The summed E-state index contributed by atoms with van der Waals surface area (Å²) in [6.07, 6.45) is 3.26. The first-order valence-corrected chi connectivity index (χ1v) is 11.1. The largest absolute Gasteiger partial charge is 0.392 e. The Hall–Kier alpha value is -1.18. The van der Waals surface area contributed by atoms with Gasteiger partial charge in [-0.15, -0.1) is 0 Å². The number of ether oxygens (including phenoxy) is 2. The van der Waals surface area contributed by atoms with Crippen LogP contribution in [0.1, 0.15) is 46.5 Å². The van der Waals surface area contributed by atoms with Gasteiger partial charge in [-0.3, -0.25) is 9.59 Å². The molecule has 7 heteroatoms. The second-order valence-electron chi connectivity index (χ2n) is 9.60. The fourth-order valence-corrected chi connectivity index (χ4v) is 6.13. The smallest absolute Gasteiger partial charge is 0.246 e. The van der Waals surface area contributed by atoms with E-state index in [9.17, 15) is 14.7 Å². The van der Waals surface area contributed by atoms with E-state index in [-0.39, 0.29) is 53.5 Å². The van der Waals surface area contributed by atoms with Crippen molar-refractivity contribution >= 4 is 11.8 Å². The van der Waals surface area contributed by atoms with E-state index in [2.05, 4.69) is 19.2 Å². The highest BCUT2D eigenvalue weighted by Crippen LogP contribution is 2.55. The number of rotatable bonds is 5. The lowest BCUT2D eigenvalue weighted by molar-refractivity contribution is -0.154. The lowest BCUT2D eigenvalue weighted by Crippen LogP contribution is -2.59. The van der Waals surface area contributed by atoms with Crippen LogP contribution in [0.25, 0.3) is 0 Å². The summed E-state index contributed by atoms with van der Waals surface area (Å²) in [4.78, 5) is 27.0. The Kier molecular flexibility index (Phi) is 7.23. The average molecular weight is 411 g/mol. The fraction of sp³-hybridized carbons (Fsp3) is 0.909. The molecule has 3 aliphatic rings. The van der Waals surface area contributed by atoms with Gasteiger partial charge < -0.3 is 24.8 Å². The Balaban J connectivity index is 1.71. The van der Waals surface area contributed by atoms with Crippen LogP contribution in [0.5, 0.6) is 0 Å². The Bertz CT molecular complexity index is 594. The first kappa shape index (κ1) is 22.5. The Morgan fingerprint density at radius 3 is 2.59 bits per heavy atom. The van der Waals surface area contributed by atoms with Gasteiger partial charge in [-0.25, -0.2) is 0 Å². The summed E-state index contributed by atoms with van der Waals surface area (Å²) in [7, 11) is 1.52. The number of carbonyl (C=O) groups is 2. The molecule has 0 aromatic rings. The predicted molar refractivity (Wildman–Crippen MR) is 109 cm³/mol. The zero-order valence-electron chi connectivity index (χ0n) is 18.4. The van der Waals surface area contributed by atoms with Crippen molar-refractivity contribution in [1.29, 1.82) is 0 Å². The van der Waals surface area contributed by atoms with Crippen LogP contribution >= 0.6 is 0 Å². The molecule has 3 fully saturated rings. The highest BCUT2D eigenvalue weighted by atomic mass is 16.5. The summed E-state index contributed by atoms with van der Waals surface area (Å²) in [6, 6.07) is 0.0365. The minimum atomic E-state index is -0.536. The van der Waals surface area contributed by atoms with Gasteiger partial charge >= 0.3 is 0 Å². The molecule has 29 heavy (non-hydrogen) atoms. The molecule has 3 rings (SSSR count). The minimum Gasteiger partial charge on any atom is -0.392 e. The number of nitrogens with one attached hydrogen (secondary N) is 1. The first-order valence-electron chi connectivity index (χ1n) is 11.1. The monoisotopic (exact) mass is 410 g/mol. The summed E-state index contributed by atoms with van der Waals surface area (Å²) in [5.74, 6) is 0.00321. The van der Waals surface area contributed by atoms with Crippen molar-refractivity contribution < 1.29 is 24.2 Å². The van der Waals surface area contributed by atoms with Crippen LogP contribution < -0.4 is 5.32 Å². The summed E-state index contributed by atoms with van der Waals surface area (Å²) in [5.41, 5.74) is 0.0551. The van der Waals surface area contributed by atoms with E-state index in [4.69, 9.17) is 9.47 Å². The normalized spacial score (nSPS) is 38.8. The third-order valence-corrected chi connectivity index (χ3v) is 7.86. The molecule has 2 amide bonds. The maximum Gasteiger partial charge on any atom is 0.246 e. The minimum absolute atomic E-state index is 0.0365. The Morgan fingerprint density at radius 1 is 1.28 bits per heavy atom. The number of amides is 2. The molecule has 1 aliphatic heterocycles. The van der Waals surface area contributed by atoms with Gasteiger partial charge in [-0.2, -0.15) is 0 Å². The molecule has 0 radical (unpaired) electrons. The predicted octanol–water partition coefficient (Wildman–Crippen LogP) is 1.44. The maximum atomic E-state index is 13.0. The van der Waals surface area contributed by atoms with Crippen LogP contribution in [0, 0.1) is 29.1 Å². The van der Waals surface area contributed by atoms with Gasteiger partial charge in [0.05, 0.1) is 19.3 Å². The number of morpholine rings is 1. The molecule has 2 N–H and O–H groups in total. The number of hydrogen-bond acceptors (Lipinski definition) is 5. The van der Waals surface area contributed by atoms with E-state index >= 15 is 0 Å². The first-order chi connectivity index (χ1) is 13.8. The van der Waals surface area contributed by atoms with Crippen LogP contribution in [0.4, 0.5) is 0 Å².